The summed E-state index contributed by atoms with van der Waals surface area (Å²) in [4.78, 5) is 63.1. The lowest BCUT2D eigenvalue weighted by molar-refractivity contribution is -0.157. The predicted molar refractivity (Wildman–Crippen MR) is 211 cm³/mol. The van der Waals surface area contributed by atoms with Gasteiger partial charge in [-0.2, -0.15) is 4.98 Å². The van der Waals surface area contributed by atoms with Crippen molar-refractivity contribution in [1.29, 1.82) is 0 Å². The highest BCUT2D eigenvalue weighted by Crippen LogP contribution is 2.48. The van der Waals surface area contributed by atoms with Gasteiger partial charge in [-0.3, -0.25) is 24.0 Å². The zero-order valence-corrected chi connectivity index (χ0v) is 35.2. The second-order valence-electron chi connectivity index (χ2n) is 17.5. The molecule has 14 nitrogen and oxygen atoms in total. The van der Waals surface area contributed by atoms with Gasteiger partial charge in [0.05, 0.1) is 18.4 Å². The number of hydrogen-bond acceptors (Lipinski definition) is 9. The first kappa shape index (κ1) is 44.0. The van der Waals surface area contributed by atoms with Crippen LogP contribution in [0.15, 0.2) is 36.4 Å². The van der Waals surface area contributed by atoms with E-state index in [1.165, 1.54) is 38.3 Å². The third-order valence-corrected chi connectivity index (χ3v) is 15.1. The molecule has 324 valence electrons. The van der Waals surface area contributed by atoms with E-state index in [0.717, 1.165) is 18.7 Å². The van der Waals surface area contributed by atoms with Crippen molar-refractivity contribution in [2.45, 2.75) is 133 Å². The number of ether oxygens (including phenoxy) is 2. The molecule has 3 N–H and O–H groups in total. The van der Waals surface area contributed by atoms with Crippen molar-refractivity contribution in [1.82, 2.24) is 24.8 Å². The molecular weight excluding hydrogens is 796 g/mol. The number of rotatable bonds is 10. The van der Waals surface area contributed by atoms with Crippen LogP contribution in [0, 0.1) is 23.6 Å². The highest BCUT2D eigenvalue weighted by atomic mass is 32.2. The molecule has 6 rings (SSSR count). The minimum absolute atomic E-state index is 0.0160. The van der Waals surface area contributed by atoms with Gasteiger partial charge in [0.15, 0.2) is 0 Å². The maximum atomic E-state index is 15.5. The van der Waals surface area contributed by atoms with Gasteiger partial charge in [0.25, 0.3) is 11.8 Å². The maximum Gasteiger partial charge on any atom is 0.408 e. The minimum Gasteiger partial charge on any atom is -0.481 e. The van der Waals surface area contributed by atoms with Crippen LogP contribution >= 0.6 is 0 Å². The molecular formula is C41H54F3N5O9S. The summed E-state index contributed by atoms with van der Waals surface area (Å²) in [5, 5.41) is 14.2. The van der Waals surface area contributed by atoms with Crippen LogP contribution in [-0.2, 0) is 24.4 Å². The molecule has 18 heteroatoms. The van der Waals surface area contributed by atoms with Crippen molar-refractivity contribution in [2.24, 2.45) is 17.8 Å². The molecule has 3 fully saturated rings. The van der Waals surface area contributed by atoms with E-state index in [1.807, 2.05) is 13.0 Å². The molecule has 4 amide bonds. The smallest absolute Gasteiger partial charge is 0.408 e. The molecule has 0 spiro atoms. The topological polar surface area (TPSA) is 185 Å². The number of benzene rings is 1. The van der Waals surface area contributed by atoms with Crippen LogP contribution in [0.3, 0.4) is 0 Å². The number of nitrogens with one attached hydrogen (secondary N) is 2. The number of methoxy groups -OCH3 is 1. The normalized spacial score (nSPS) is 29.2. The average Bonchev–Trinajstić information content (AvgIpc) is 4.03. The van der Waals surface area contributed by atoms with E-state index in [2.05, 4.69) is 15.0 Å². The second kappa shape index (κ2) is 15.8. The average molecular weight is 850 g/mol. The summed E-state index contributed by atoms with van der Waals surface area (Å²) in [5.74, 6) is -8.28. The van der Waals surface area contributed by atoms with E-state index in [0.29, 0.717) is 48.3 Å². The molecule has 2 saturated carbocycles. The number of fused-ring (bicyclic) bond motifs is 3. The van der Waals surface area contributed by atoms with Crippen LogP contribution in [0.4, 0.5) is 18.0 Å². The van der Waals surface area contributed by atoms with Gasteiger partial charge in [0, 0.05) is 30.7 Å². The van der Waals surface area contributed by atoms with E-state index < -0.39 is 91.4 Å². The monoisotopic (exact) mass is 849 g/mol. The van der Waals surface area contributed by atoms with Gasteiger partial charge in [-0.15, -0.1) is 0 Å². The number of carbonyl (C=O) groups is 4. The summed E-state index contributed by atoms with van der Waals surface area (Å²) in [5.41, 5.74) is -4.11. The van der Waals surface area contributed by atoms with Gasteiger partial charge in [-0.25, -0.2) is 26.4 Å². The SMILES string of the molecule is CC[C@@H]1C[C@H](C)CC/C=C\[C@@H]2C[C@@]2(C(=O)NS(=O)(=O)C2(C)CC2)NC(=O)[C@@H]2C[C@@H](Oc3nc(OC)cc4cc(F)ccc34)CN2C(=O)[C@H]1N(C(=O)O)C(C)(C)C(C)(F)F. The van der Waals surface area contributed by atoms with Crippen molar-refractivity contribution in [2.75, 3.05) is 13.7 Å². The fourth-order valence-corrected chi connectivity index (χ4v) is 9.68. The lowest BCUT2D eigenvalue weighted by Gasteiger charge is -2.47. The van der Waals surface area contributed by atoms with Gasteiger partial charge in [0.2, 0.25) is 33.6 Å². The molecule has 2 aromatic rings. The van der Waals surface area contributed by atoms with Gasteiger partial charge >= 0.3 is 6.09 Å². The van der Waals surface area contributed by atoms with E-state index in [4.69, 9.17) is 9.47 Å². The number of aromatic nitrogens is 1. The van der Waals surface area contributed by atoms with Crippen molar-refractivity contribution < 1.29 is 55.3 Å². The summed E-state index contributed by atoms with van der Waals surface area (Å²) in [6, 6.07) is 2.26. The fourth-order valence-electron chi connectivity index (χ4n) is 8.37. The van der Waals surface area contributed by atoms with E-state index in [1.54, 1.807) is 13.0 Å². The molecule has 3 heterocycles. The quantitative estimate of drug-likeness (QED) is 0.248. The van der Waals surface area contributed by atoms with Crippen molar-refractivity contribution in [3.8, 4) is 11.8 Å². The van der Waals surface area contributed by atoms with Crippen LogP contribution < -0.4 is 19.5 Å². The Labute approximate surface area is 342 Å². The second-order valence-corrected chi connectivity index (χ2v) is 19.7. The van der Waals surface area contributed by atoms with Crippen LogP contribution in [0.1, 0.15) is 92.9 Å². The molecule has 0 bridgehead atoms. The molecule has 7 atom stereocenters. The number of amides is 4. The van der Waals surface area contributed by atoms with Crippen molar-refractivity contribution in [3.63, 3.8) is 0 Å². The number of nitrogens with zero attached hydrogens (tertiary/aromatic N) is 3. The first-order valence-corrected chi connectivity index (χ1v) is 21.5. The summed E-state index contributed by atoms with van der Waals surface area (Å²) in [7, 11) is -2.76. The first-order chi connectivity index (χ1) is 27.5. The standard InChI is InChI=1S/C41H54F3N5O9S/c1-8-24-17-23(2)11-9-10-12-26-21-41(26,36(52)47-59(55,56)39(5)15-16-39)46-33(50)30-20-28(58-34-29-14-13-27(42)18-25(29)19-31(45-34)57-7)22-48(30)35(51)32(24)49(37(53)54)38(3,4)40(6,43)44/h10,12-14,18-19,23-24,26,28,30,32H,8-9,11,15-17,20-22H2,1-7H3,(H,46,50)(H,47,52)(H,53,54)/b12-10-/t23-,24-,26-,28-,30+,32+,41-/m1/s1. The van der Waals surface area contributed by atoms with Crippen molar-refractivity contribution in [3.05, 3.63) is 42.2 Å². The summed E-state index contributed by atoms with van der Waals surface area (Å²) in [6.07, 6.45) is 2.96. The third-order valence-electron chi connectivity index (χ3n) is 13.0. The van der Waals surface area contributed by atoms with Crippen LogP contribution in [-0.4, -0.2) is 106 Å². The number of halogens is 3. The Morgan fingerprint density at radius 3 is 2.46 bits per heavy atom. The zero-order valence-electron chi connectivity index (χ0n) is 34.4. The maximum absolute atomic E-state index is 15.5. The molecule has 59 heavy (non-hydrogen) atoms. The highest BCUT2D eigenvalue weighted by molar-refractivity contribution is 7.91. The molecule has 0 radical (unpaired) electrons. The predicted octanol–water partition coefficient (Wildman–Crippen LogP) is 5.79. The number of carboxylic acid groups (broad SMARTS) is 1. The zero-order chi connectivity index (χ0) is 43.5. The van der Waals surface area contributed by atoms with E-state index in [9.17, 15) is 32.3 Å². The Balaban J connectivity index is 1.45. The third kappa shape index (κ3) is 8.42. The molecule has 2 aliphatic heterocycles. The number of carbonyl (C=O) groups excluding carboxylic acids is 3. The summed E-state index contributed by atoms with van der Waals surface area (Å²) >= 11 is 0. The molecule has 2 aliphatic carbocycles. The molecule has 1 aromatic heterocycles. The lowest BCUT2D eigenvalue weighted by Crippen LogP contribution is -2.67. The number of alkyl halides is 2. The number of hydrogen-bond donors (Lipinski definition) is 3. The number of sulfonamides is 1. The Bertz CT molecular complexity index is 2140. The van der Waals surface area contributed by atoms with E-state index in [-0.39, 0.29) is 49.9 Å². The van der Waals surface area contributed by atoms with E-state index >= 15 is 13.6 Å². The largest absolute Gasteiger partial charge is 0.481 e. The molecule has 4 aliphatic rings. The molecule has 1 saturated heterocycles. The fraction of sp³-hybridized carbons (Fsp3) is 0.634. The van der Waals surface area contributed by atoms with Crippen LogP contribution in [0.2, 0.25) is 0 Å². The van der Waals surface area contributed by atoms with Crippen molar-refractivity contribution >= 4 is 44.6 Å². The Kier molecular flexibility index (Phi) is 11.8. The number of allylic oxidation sites excluding steroid dienone is 1. The Hall–Kier alpha value is -4.61. The number of pyridine rings is 1. The molecule has 0 unspecified atom stereocenters. The first-order valence-electron chi connectivity index (χ1n) is 20.1. The van der Waals surface area contributed by atoms with Crippen LogP contribution in [0.5, 0.6) is 11.8 Å². The van der Waals surface area contributed by atoms with Gasteiger partial charge in [-0.1, -0.05) is 32.4 Å². The Morgan fingerprint density at radius 1 is 1.15 bits per heavy atom. The summed E-state index contributed by atoms with van der Waals surface area (Å²) < 4.78 is 84.4. The van der Waals surface area contributed by atoms with Gasteiger partial charge < -0.3 is 24.8 Å². The van der Waals surface area contributed by atoms with Gasteiger partial charge in [0.1, 0.15) is 35.1 Å². The molecule has 1 aromatic carbocycles. The van der Waals surface area contributed by atoms with Crippen LogP contribution in [0.25, 0.3) is 10.8 Å². The summed E-state index contributed by atoms with van der Waals surface area (Å²) in [6.45, 7) is 7.55. The highest BCUT2D eigenvalue weighted by Gasteiger charge is 2.63. The van der Waals surface area contributed by atoms with Gasteiger partial charge in [-0.05, 0) is 94.7 Å². The minimum atomic E-state index is -4.12. The Morgan fingerprint density at radius 2 is 1.85 bits per heavy atom. The lowest BCUT2D eigenvalue weighted by atomic mass is 9.81.